The summed E-state index contributed by atoms with van der Waals surface area (Å²) in [7, 11) is 0. The summed E-state index contributed by atoms with van der Waals surface area (Å²) in [4.78, 5) is 22.4. The van der Waals surface area contributed by atoms with Crippen LogP contribution in [0.15, 0.2) is 136 Å². The molecule has 0 atom stereocenters. The fourth-order valence-corrected chi connectivity index (χ4v) is 6.14. The SMILES string of the molecule is Cc1cc(=O)oc2c(C=Nc3ccccc3-c3nc4c5ccccc5c5ccccc5c4n3-c3ccccc3)c(O)ccc12. The third-order valence-electron chi connectivity index (χ3n) is 8.16. The molecule has 0 saturated heterocycles. The lowest BCUT2D eigenvalue weighted by Gasteiger charge is -2.13. The number of fused-ring (bicyclic) bond motifs is 7. The Morgan fingerprint density at radius 1 is 0.750 bits per heavy atom. The van der Waals surface area contributed by atoms with Gasteiger partial charge >= 0.3 is 5.63 Å². The molecule has 0 radical (unpaired) electrons. The van der Waals surface area contributed by atoms with Gasteiger partial charge in [0.2, 0.25) is 0 Å². The fourth-order valence-electron chi connectivity index (χ4n) is 6.14. The van der Waals surface area contributed by atoms with E-state index in [0.717, 1.165) is 60.6 Å². The number of aliphatic imine (C=N–C) groups is 1. The van der Waals surface area contributed by atoms with Crippen molar-refractivity contribution in [3.8, 4) is 22.8 Å². The normalized spacial score (nSPS) is 11.8. The highest BCUT2D eigenvalue weighted by molar-refractivity contribution is 6.24. The Labute approximate surface area is 251 Å². The summed E-state index contributed by atoms with van der Waals surface area (Å²) in [5, 5.41) is 16.0. The number of benzene rings is 6. The highest BCUT2D eigenvalue weighted by Crippen LogP contribution is 2.41. The van der Waals surface area contributed by atoms with Crippen LogP contribution < -0.4 is 5.63 Å². The van der Waals surface area contributed by atoms with Gasteiger partial charge < -0.3 is 9.52 Å². The molecule has 0 amide bonds. The molecule has 0 fully saturated rings. The van der Waals surface area contributed by atoms with Gasteiger partial charge in [0.1, 0.15) is 11.6 Å². The molecule has 6 nitrogen and oxygen atoms in total. The molecule has 2 aromatic heterocycles. The van der Waals surface area contributed by atoms with Gasteiger partial charge in [-0.1, -0.05) is 78.9 Å². The van der Waals surface area contributed by atoms with E-state index in [2.05, 4.69) is 59.2 Å². The summed E-state index contributed by atoms with van der Waals surface area (Å²) in [5.74, 6) is 0.715. The minimum Gasteiger partial charge on any atom is -0.507 e. The number of phenols is 1. The molecule has 0 aliphatic carbocycles. The molecule has 0 bridgehead atoms. The number of para-hydroxylation sites is 2. The van der Waals surface area contributed by atoms with Crippen molar-refractivity contribution in [2.45, 2.75) is 6.92 Å². The molecular formula is C38H25N3O3. The van der Waals surface area contributed by atoms with E-state index in [1.165, 1.54) is 6.07 Å². The van der Waals surface area contributed by atoms with Crippen molar-refractivity contribution in [3.05, 3.63) is 143 Å². The molecule has 0 unspecified atom stereocenters. The monoisotopic (exact) mass is 571 g/mol. The number of aryl methyl sites for hydroxylation is 1. The van der Waals surface area contributed by atoms with E-state index in [1.54, 1.807) is 18.3 Å². The van der Waals surface area contributed by atoms with Crippen LogP contribution in [0.2, 0.25) is 0 Å². The quantitative estimate of drug-likeness (QED) is 0.130. The van der Waals surface area contributed by atoms with Crippen molar-refractivity contribution in [2.24, 2.45) is 4.99 Å². The zero-order chi connectivity index (χ0) is 29.8. The molecule has 8 aromatic rings. The third kappa shape index (κ3) is 4.00. The fraction of sp³-hybridized carbons (Fsp3) is 0.0263. The maximum absolute atomic E-state index is 12.2. The average molecular weight is 572 g/mol. The number of aromatic nitrogens is 2. The molecule has 0 spiro atoms. The Balaban J connectivity index is 1.42. The average Bonchev–Trinajstić information content (AvgIpc) is 3.46. The standard InChI is InChI=1S/C38H25N3O3/c1-23-21-34(43)44-37-25(23)19-20-33(42)31(37)22-39-32-18-10-9-17-30(32)38-40-35-28-15-7-5-13-26(28)27-14-6-8-16-29(27)36(35)41(38)24-11-3-2-4-12-24/h2-22,42H,1H3. The van der Waals surface area contributed by atoms with Crippen molar-refractivity contribution >= 4 is 55.4 Å². The minimum absolute atomic E-state index is 0.0260. The van der Waals surface area contributed by atoms with Crippen LogP contribution in [0, 0.1) is 6.92 Å². The number of nitrogens with zero attached hydrogens (tertiary/aromatic N) is 3. The van der Waals surface area contributed by atoms with Crippen molar-refractivity contribution in [1.29, 1.82) is 0 Å². The molecule has 2 heterocycles. The second-order valence-electron chi connectivity index (χ2n) is 10.8. The molecule has 1 N–H and O–H groups in total. The lowest BCUT2D eigenvalue weighted by Crippen LogP contribution is -2.00. The van der Waals surface area contributed by atoms with E-state index in [-0.39, 0.29) is 5.75 Å². The van der Waals surface area contributed by atoms with Gasteiger partial charge in [-0.25, -0.2) is 9.78 Å². The van der Waals surface area contributed by atoms with Gasteiger partial charge in [-0.15, -0.1) is 0 Å². The maximum Gasteiger partial charge on any atom is 0.336 e. The summed E-state index contributed by atoms with van der Waals surface area (Å²) < 4.78 is 7.74. The van der Waals surface area contributed by atoms with Crippen LogP contribution in [0.25, 0.3) is 60.6 Å². The van der Waals surface area contributed by atoms with E-state index in [4.69, 9.17) is 14.4 Å². The summed E-state index contributed by atoms with van der Waals surface area (Å²) in [6.07, 6.45) is 1.55. The van der Waals surface area contributed by atoms with Crippen molar-refractivity contribution in [3.63, 3.8) is 0 Å². The summed E-state index contributed by atoms with van der Waals surface area (Å²) in [5.41, 5.74) is 5.29. The summed E-state index contributed by atoms with van der Waals surface area (Å²) in [6, 6.07) is 39.6. The predicted molar refractivity (Wildman–Crippen MR) is 178 cm³/mol. The van der Waals surface area contributed by atoms with Gasteiger partial charge in [-0.2, -0.15) is 0 Å². The Kier molecular flexibility index (Phi) is 5.88. The van der Waals surface area contributed by atoms with Gasteiger partial charge in [-0.3, -0.25) is 9.56 Å². The Morgan fingerprint density at radius 2 is 1.41 bits per heavy atom. The molecule has 210 valence electrons. The molecule has 0 aliphatic rings. The van der Waals surface area contributed by atoms with E-state index < -0.39 is 5.63 Å². The molecule has 0 aliphatic heterocycles. The van der Waals surface area contributed by atoms with Gasteiger partial charge in [0, 0.05) is 39.7 Å². The van der Waals surface area contributed by atoms with Crippen molar-refractivity contribution in [2.75, 3.05) is 0 Å². The van der Waals surface area contributed by atoms with E-state index >= 15 is 0 Å². The van der Waals surface area contributed by atoms with Crippen LogP contribution in [-0.4, -0.2) is 20.9 Å². The smallest absolute Gasteiger partial charge is 0.336 e. The van der Waals surface area contributed by atoms with Crippen LogP contribution in [-0.2, 0) is 0 Å². The third-order valence-corrected chi connectivity index (χ3v) is 8.16. The van der Waals surface area contributed by atoms with E-state index in [9.17, 15) is 9.90 Å². The number of rotatable bonds is 4. The number of phenolic OH excluding ortho intramolecular Hbond substituents is 1. The first kappa shape index (κ1) is 25.7. The number of hydrogen-bond donors (Lipinski definition) is 1. The molecule has 44 heavy (non-hydrogen) atoms. The second kappa shape index (κ2) is 10.1. The Hall–Kier alpha value is -6.01. The van der Waals surface area contributed by atoms with Crippen LogP contribution >= 0.6 is 0 Å². The van der Waals surface area contributed by atoms with Gasteiger partial charge in [-0.05, 0) is 59.7 Å². The van der Waals surface area contributed by atoms with Crippen LogP contribution in [0.5, 0.6) is 5.75 Å². The van der Waals surface area contributed by atoms with Crippen molar-refractivity contribution in [1.82, 2.24) is 9.55 Å². The molecule has 6 aromatic carbocycles. The number of aromatic hydroxyl groups is 1. The van der Waals surface area contributed by atoms with Crippen LogP contribution in [0.1, 0.15) is 11.1 Å². The minimum atomic E-state index is -0.480. The number of hydrogen-bond acceptors (Lipinski definition) is 5. The molecule has 8 rings (SSSR count). The first-order valence-electron chi connectivity index (χ1n) is 14.4. The van der Waals surface area contributed by atoms with Crippen LogP contribution in [0.3, 0.4) is 0 Å². The highest BCUT2D eigenvalue weighted by Gasteiger charge is 2.21. The second-order valence-corrected chi connectivity index (χ2v) is 10.8. The first-order valence-corrected chi connectivity index (χ1v) is 14.4. The zero-order valence-corrected chi connectivity index (χ0v) is 23.7. The van der Waals surface area contributed by atoms with Gasteiger partial charge in [0.25, 0.3) is 0 Å². The molecule has 6 heteroatoms. The Morgan fingerprint density at radius 3 is 2.20 bits per heavy atom. The van der Waals surface area contributed by atoms with E-state index in [1.807, 2.05) is 55.5 Å². The first-order chi connectivity index (χ1) is 21.6. The van der Waals surface area contributed by atoms with Gasteiger partial charge in [0.05, 0.1) is 22.3 Å². The van der Waals surface area contributed by atoms with E-state index in [0.29, 0.717) is 16.8 Å². The lowest BCUT2D eigenvalue weighted by atomic mass is 10.00. The summed E-state index contributed by atoms with van der Waals surface area (Å²) >= 11 is 0. The number of imidazole rings is 1. The zero-order valence-electron chi connectivity index (χ0n) is 23.7. The Bertz CT molecular complexity index is 2490. The predicted octanol–water partition coefficient (Wildman–Crippen LogP) is 8.87. The molecular weight excluding hydrogens is 546 g/mol. The largest absolute Gasteiger partial charge is 0.507 e. The molecule has 0 saturated carbocycles. The van der Waals surface area contributed by atoms with Gasteiger partial charge in [0.15, 0.2) is 5.58 Å². The van der Waals surface area contributed by atoms with Crippen LogP contribution in [0.4, 0.5) is 5.69 Å². The topological polar surface area (TPSA) is 80.6 Å². The summed E-state index contributed by atoms with van der Waals surface area (Å²) in [6.45, 7) is 1.84. The highest BCUT2D eigenvalue weighted by atomic mass is 16.4. The maximum atomic E-state index is 12.2. The van der Waals surface area contributed by atoms with Crippen molar-refractivity contribution < 1.29 is 9.52 Å². The lowest BCUT2D eigenvalue weighted by molar-refractivity contribution is 0.472.